The van der Waals surface area contributed by atoms with Gasteiger partial charge in [-0.2, -0.15) is 18.2 Å². The van der Waals surface area contributed by atoms with Crippen LogP contribution < -0.4 is 5.73 Å². The van der Waals surface area contributed by atoms with E-state index in [1.54, 1.807) is 0 Å². The molecule has 1 aliphatic rings. The maximum absolute atomic E-state index is 12.1. The lowest BCUT2D eigenvalue weighted by atomic mass is 9.85. The number of halogens is 3. The van der Waals surface area contributed by atoms with Crippen molar-refractivity contribution < 1.29 is 17.7 Å². The molecule has 18 heavy (non-hydrogen) atoms. The van der Waals surface area contributed by atoms with Crippen molar-refractivity contribution in [2.45, 2.75) is 56.7 Å². The van der Waals surface area contributed by atoms with Crippen molar-refractivity contribution in [2.24, 2.45) is 5.73 Å². The Kier molecular flexibility index (Phi) is 3.89. The summed E-state index contributed by atoms with van der Waals surface area (Å²) in [5, 5.41) is 3.59. The number of aromatic nitrogens is 2. The van der Waals surface area contributed by atoms with E-state index < -0.39 is 12.6 Å². The Bertz CT molecular complexity index is 391. The summed E-state index contributed by atoms with van der Waals surface area (Å²) in [4.78, 5) is 4.03. The molecular weight excluding hydrogens is 247 g/mol. The first-order valence-corrected chi connectivity index (χ1v) is 6.10. The molecular formula is C11H16F3N3O. The van der Waals surface area contributed by atoms with Gasteiger partial charge >= 0.3 is 6.18 Å². The number of aryl methyl sites for hydroxylation is 1. The summed E-state index contributed by atoms with van der Waals surface area (Å²) in [6, 6.07) is -0.0327. The number of hydrogen-bond donors (Lipinski definition) is 1. The van der Waals surface area contributed by atoms with Crippen molar-refractivity contribution in [2.75, 3.05) is 0 Å². The van der Waals surface area contributed by atoms with Crippen molar-refractivity contribution >= 4 is 0 Å². The highest BCUT2D eigenvalue weighted by Crippen LogP contribution is 2.31. The van der Waals surface area contributed by atoms with E-state index in [-0.39, 0.29) is 24.2 Å². The van der Waals surface area contributed by atoms with Crippen LogP contribution in [0.4, 0.5) is 13.2 Å². The van der Waals surface area contributed by atoms with E-state index in [1.165, 1.54) is 0 Å². The van der Waals surface area contributed by atoms with Crippen LogP contribution in [0.15, 0.2) is 4.52 Å². The van der Waals surface area contributed by atoms with Gasteiger partial charge in [0.2, 0.25) is 5.89 Å². The monoisotopic (exact) mass is 263 g/mol. The van der Waals surface area contributed by atoms with Crippen LogP contribution in [-0.4, -0.2) is 22.4 Å². The van der Waals surface area contributed by atoms with Gasteiger partial charge in [-0.3, -0.25) is 0 Å². The lowest BCUT2D eigenvalue weighted by molar-refractivity contribution is -0.134. The third-order valence-electron chi connectivity index (χ3n) is 3.25. The first-order valence-electron chi connectivity index (χ1n) is 6.10. The Morgan fingerprint density at radius 3 is 2.67 bits per heavy atom. The molecule has 2 N–H and O–H groups in total. The summed E-state index contributed by atoms with van der Waals surface area (Å²) in [7, 11) is 0. The molecule has 1 saturated carbocycles. The van der Waals surface area contributed by atoms with Crippen LogP contribution in [0.25, 0.3) is 0 Å². The largest absolute Gasteiger partial charge is 0.389 e. The van der Waals surface area contributed by atoms with E-state index in [9.17, 15) is 13.2 Å². The van der Waals surface area contributed by atoms with Crippen LogP contribution in [0.2, 0.25) is 0 Å². The quantitative estimate of drug-likeness (QED) is 0.910. The second-order valence-electron chi connectivity index (χ2n) is 4.72. The van der Waals surface area contributed by atoms with E-state index in [4.69, 9.17) is 10.3 Å². The van der Waals surface area contributed by atoms with Gasteiger partial charge in [0.15, 0.2) is 5.82 Å². The zero-order chi connectivity index (χ0) is 13.2. The summed E-state index contributed by atoms with van der Waals surface area (Å²) in [5.41, 5.74) is 5.96. The van der Waals surface area contributed by atoms with Gasteiger partial charge in [-0.25, -0.2) is 0 Å². The van der Waals surface area contributed by atoms with Gasteiger partial charge in [-0.05, 0) is 12.8 Å². The highest BCUT2D eigenvalue weighted by atomic mass is 19.4. The average Bonchev–Trinajstić information content (AvgIpc) is 2.75. The van der Waals surface area contributed by atoms with Crippen LogP contribution in [-0.2, 0) is 6.42 Å². The third-order valence-corrected chi connectivity index (χ3v) is 3.25. The van der Waals surface area contributed by atoms with Crippen LogP contribution >= 0.6 is 0 Å². The fourth-order valence-electron chi connectivity index (χ4n) is 2.24. The zero-order valence-corrected chi connectivity index (χ0v) is 9.91. The van der Waals surface area contributed by atoms with Crippen molar-refractivity contribution in [1.29, 1.82) is 0 Å². The van der Waals surface area contributed by atoms with Gasteiger partial charge in [-0.15, -0.1) is 0 Å². The maximum atomic E-state index is 12.1. The fraction of sp³-hybridized carbons (Fsp3) is 0.818. The smallest absolute Gasteiger partial charge is 0.339 e. The number of nitrogens with two attached hydrogens (primary N) is 1. The molecule has 0 amide bonds. The maximum Gasteiger partial charge on any atom is 0.389 e. The number of nitrogens with zero attached hydrogens (tertiary/aromatic N) is 2. The van der Waals surface area contributed by atoms with E-state index in [0.717, 1.165) is 25.7 Å². The first-order chi connectivity index (χ1) is 8.46. The molecule has 102 valence electrons. The number of rotatable bonds is 3. The van der Waals surface area contributed by atoms with Crippen molar-refractivity contribution in [1.82, 2.24) is 10.1 Å². The van der Waals surface area contributed by atoms with Crippen LogP contribution in [0, 0.1) is 0 Å². The van der Waals surface area contributed by atoms with Gasteiger partial charge in [0, 0.05) is 12.5 Å². The van der Waals surface area contributed by atoms with E-state index in [0.29, 0.717) is 5.89 Å². The predicted octanol–water partition coefficient (Wildman–Crippen LogP) is 2.55. The molecule has 2 atom stereocenters. The molecule has 1 fully saturated rings. The molecule has 0 bridgehead atoms. The van der Waals surface area contributed by atoms with Crippen LogP contribution in [0.3, 0.4) is 0 Å². The predicted molar refractivity (Wildman–Crippen MR) is 57.9 cm³/mol. The Morgan fingerprint density at radius 2 is 2.00 bits per heavy atom. The van der Waals surface area contributed by atoms with Crippen molar-refractivity contribution in [3.8, 4) is 0 Å². The molecule has 0 aliphatic heterocycles. The molecule has 2 unspecified atom stereocenters. The van der Waals surface area contributed by atoms with Crippen LogP contribution in [0.1, 0.15) is 49.7 Å². The lowest BCUT2D eigenvalue weighted by Gasteiger charge is -2.25. The minimum absolute atomic E-state index is 0.00844. The molecule has 1 aromatic rings. The standard InChI is InChI=1S/C11H16F3N3O/c12-11(13,14)6-5-9-16-10(18-17-9)7-3-1-2-4-8(7)15/h7-8H,1-6,15H2. The molecule has 1 aliphatic carbocycles. The first kappa shape index (κ1) is 13.3. The van der Waals surface area contributed by atoms with Gasteiger partial charge in [-0.1, -0.05) is 18.0 Å². The fourth-order valence-corrected chi connectivity index (χ4v) is 2.24. The van der Waals surface area contributed by atoms with Crippen molar-refractivity contribution in [3.05, 3.63) is 11.7 Å². The highest BCUT2D eigenvalue weighted by Gasteiger charge is 2.30. The zero-order valence-electron chi connectivity index (χ0n) is 9.91. The van der Waals surface area contributed by atoms with Crippen LogP contribution in [0.5, 0.6) is 0 Å². The lowest BCUT2D eigenvalue weighted by Crippen LogP contribution is -2.31. The minimum Gasteiger partial charge on any atom is -0.339 e. The van der Waals surface area contributed by atoms with Gasteiger partial charge in [0.25, 0.3) is 0 Å². The molecule has 4 nitrogen and oxygen atoms in total. The van der Waals surface area contributed by atoms with E-state index >= 15 is 0 Å². The Morgan fingerprint density at radius 1 is 1.28 bits per heavy atom. The SMILES string of the molecule is NC1CCCCC1c1nc(CCC(F)(F)F)no1. The van der Waals surface area contributed by atoms with Crippen molar-refractivity contribution in [3.63, 3.8) is 0 Å². The molecule has 2 rings (SSSR count). The number of alkyl halides is 3. The Hall–Kier alpha value is -1.11. The topological polar surface area (TPSA) is 64.9 Å². The number of hydrogen-bond acceptors (Lipinski definition) is 4. The van der Waals surface area contributed by atoms with Gasteiger partial charge < -0.3 is 10.3 Å². The minimum atomic E-state index is -4.19. The highest BCUT2D eigenvalue weighted by molar-refractivity contribution is 5.00. The summed E-state index contributed by atoms with van der Waals surface area (Å²) in [6.45, 7) is 0. The molecule has 7 heteroatoms. The molecule has 1 aromatic heterocycles. The average molecular weight is 263 g/mol. The normalized spacial score (nSPS) is 25.3. The molecule has 1 heterocycles. The summed E-state index contributed by atoms with van der Waals surface area (Å²) < 4.78 is 41.2. The Labute approximate surface area is 103 Å². The van der Waals surface area contributed by atoms with E-state index in [1.807, 2.05) is 0 Å². The molecule has 0 radical (unpaired) electrons. The molecule has 0 aromatic carbocycles. The summed E-state index contributed by atoms with van der Waals surface area (Å²) >= 11 is 0. The second kappa shape index (κ2) is 5.26. The van der Waals surface area contributed by atoms with Gasteiger partial charge in [0.1, 0.15) is 0 Å². The third kappa shape index (κ3) is 3.44. The van der Waals surface area contributed by atoms with E-state index in [2.05, 4.69) is 10.1 Å². The molecule has 0 saturated heterocycles. The van der Waals surface area contributed by atoms with Gasteiger partial charge in [0.05, 0.1) is 12.3 Å². The second-order valence-corrected chi connectivity index (χ2v) is 4.72. The molecule has 0 spiro atoms. The Balaban J connectivity index is 1.97. The summed E-state index contributed by atoms with van der Waals surface area (Å²) in [6.07, 6.45) is -1.49. The summed E-state index contributed by atoms with van der Waals surface area (Å²) in [5.74, 6) is 0.491.